The minimum absolute atomic E-state index is 0.211. The average molecular weight is 487 g/mol. The van der Waals surface area contributed by atoms with E-state index in [-0.39, 0.29) is 18.1 Å². The van der Waals surface area contributed by atoms with Crippen LogP contribution in [0.1, 0.15) is 6.42 Å². The zero-order valence-electron chi connectivity index (χ0n) is 16.6. The molecule has 0 aliphatic carbocycles. The lowest BCUT2D eigenvalue weighted by molar-refractivity contribution is -0.115. The third-order valence-corrected chi connectivity index (χ3v) is 6.10. The van der Waals surface area contributed by atoms with Crippen LogP contribution in [0.4, 0.5) is 10.1 Å². The molecule has 0 aliphatic heterocycles. The summed E-state index contributed by atoms with van der Waals surface area (Å²) in [5.74, 6) is 0.532. The van der Waals surface area contributed by atoms with Crippen LogP contribution in [0.25, 0.3) is 17.1 Å². The fraction of sp³-hybridized carbons (Fsp3) is 0.0870. The number of carbonyl (C=O) groups excluding carboxylic acids is 1. The van der Waals surface area contributed by atoms with Gasteiger partial charge in [0, 0.05) is 23.4 Å². The minimum atomic E-state index is -0.327. The highest BCUT2D eigenvalue weighted by Crippen LogP contribution is 2.31. The number of halogens is 3. The summed E-state index contributed by atoms with van der Waals surface area (Å²) in [7, 11) is 0. The number of nitrogens with one attached hydrogen (secondary N) is 1. The Labute approximate surface area is 198 Å². The van der Waals surface area contributed by atoms with Crippen LogP contribution in [0, 0.1) is 5.82 Å². The van der Waals surface area contributed by atoms with Crippen molar-refractivity contribution >= 4 is 46.6 Å². The van der Waals surface area contributed by atoms with Crippen molar-refractivity contribution in [3.05, 3.63) is 88.7 Å². The molecule has 9 heteroatoms. The van der Waals surface area contributed by atoms with E-state index in [1.165, 1.54) is 23.9 Å². The first-order chi connectivity index (χ1) is 15.5. The average Bonchev–Trinajstić information content (AvgIpc) is 3.21. The number of anilines is 1. The number of nitrogens with zero attached hydrogens (tertiary/aromatic N) is 3. The predicted molar refractivity (Wildman–Crippen MR) is 127 cm³/mol. The number of hydrogen-bond donors (Lipinski definition) is 1. The molecule has 0 unspecified atom stereocenters. The second-order valence-electron chi connectivity index (χ2n) is 6.73. The summed E-state index contributed by atoms with van der Waals surface area (Å²) in [4.78, 5) is 12.4. The topological polar surface area (TPSA) is 59.8 Å². The molecule has 1 N–H and O–H groups in total. The highest BCUT2D eigenvalue weighted by molar-refractivity contribution is 7.99. The predicted octanol–water partition coefficient (Wildman–Crippen LogP) is 6.50. The van der Waals surface area contributed by atoms with Gasteiger partial charge in [0.25, 0.3) is 0 Å². The van der Waals surface area contributed by atoms with Gasteiger partial charge in [-0.3, -0.25) is 9.36 Å². The zero-order valence-corrected chi connectivity index (χ0v) is 19.0. The quantitative estimate of drug-likeness (QED) is 0.302. The zero-order chi connectivity index (χ0) is 22.5. The molecule has 1 heterocycles. The molecule has 1 amide bonds. The Balaban J connectivity index is 1.52. The van der Waals surface area contributed by atoms with Gasteiger partial charge in [-0.15, -0.1) is 10.2 Å². The normalized spacial score (nSPS) is 10.8. The number of carbonyl (C=O) groups is 1. The number of benzene rings is 3. The first-order valence-electron chi connectivity index (χ1n) is 9.66. The summed E-state index contributed by atoms with van der Waals surface area (Å²) in [5, 5.41) is 12.7. The van der Waals surface area contributed by atoms with E-state index in [4.69, 9.17) is 23.2 Å². The van der Waals surface area contributed by atoms with Crippen LogP contribution < -0.4 is 5.32 Å². The molecule has 0 radical (unpaired) electrons. The SMILES string of the molecule is O=C(CCSc1nnc(-c2ccccc2)n1-c1ccc(F)cc1)Nc1c(Cl)cccc1Cl. The molecule has 4 rings (SSSR count). The lowest BCUT2D eigenvalue weighted by Gasteiger charge is -2.11. The van der Waals surface area contributed by atoms with Gasteiger partial charge in [-0.05, 0) is 36.4 Å². The van der Waals surface area contributed by atoms with E-state index in [9.17, 15) is 9.18 Å². The standard InChI is InChI=1S/C23H17Cl2FN4OS/c24-18-7-4-8-19(25)21(18)27-20(31)13-14-32-23-29-28-22(15-5-2-1-3-6-15)30(23)17-11-9-16(26)10-12-17/h1-12H,13-14H2,(H,27,31). The van der Waals surface area contributed by atoms with Crippen LogP contribution in [-0.2, 0) is 4.79 Å². The maximum atomic E-state index is 13.5. The lowest BCUT2D eigenvalue weighted by Crippen LogP contribution is -2.13. The van der Waals surface area contributed by atoms with Crippen molar-refractivity contribution in [2.24, 2.45) is 0 Å². The number of aromatic nitrogens is 3. The summed E-state index contributed by atoms with van der Waals surface area (Å²) in [6.45, 7) is 0. The molecule has 0 bridgehead atoms. The number of amides is 1. The van der Waals surface area contributed by atoms with E-state index in [0.29, 0.717) is 32.5 Å². The van der Waals surface area contributed by atoms with E-state index in [1.807, 2.05) is 34.9 Å². The van der Waals surface area contributed by atoms with E-state index in [2.05, 4.69) is 15.5 Å². The van der Waals surface area contributed by atoms with E-state index in [0.717, 1.165) is 11.3 Å². The molecule has 0 saturated heterocycles. The van der Waals surface area contributed by atoms with Gasteiger partial charge in [0.2, 0.25) is 5.91 Å². The Bertz CT molecular complexity index is 1210. The molecule has 162 valence electrons. The van der Waals surface area contributed by atoms with Gasteiger partial charge in [0.1, 0.15) is 5.82 Å². The molecule has 0 atom stereocenters. The highest BCUT2D eigenvalue weighted by atomic mass is 35.5. The van der Waals surface area contributed by atoms with Crippen molar-refractivity contribution < 1.29 is 9.18 Å². The summed E-state index contributed by atoms with van der Waals surface area (Å²) in [5.41, 5.74) is 2.00. The van der Waals surface area contributed by atoms with Crippen LogP contribution >= 0.6 is 35.0 Å². The Morgan fingerprint density at radius 3 is 2.31 bits per heavy atom. The van der Waals surface area contributed by atoms with Crippen LogP contribution in [0.15, 0.2) is 78.0 Å². The van der Waals surface area contributed by atoms with Crippen molar-refractivity contribution in [3.8, 4) is 17.1 Å². The van der Waals surface area contributed by atoms with Gasteiger partial charge in [-0.2, -0.15) is 0 Å². The monoisotopic (exact) mass is 486 g/mol. The Morgan fingerprint density at radius 2 is 1.62 bits per heavy atom. The summed E-state index contributed by atoms with van der Waals surface area (Å²) in [6, 6.07) is 20.7. The number of hydrogen-bond acceptors (Lipinski definition) is 4. The van der Waals surface area contributed by atoms with Crippen LogP contribution in [0.5, 0.6) is 0 Å². The van der Waals surface area contributed by atoms with Crippen molar-refractivity contribution in [1.29, 1.82) is 0 Å². The van der Waals surface area contributed by atoms with Crippen LogP contribution in [-0.4, -0.2) is 26.4 Å². The molecule has 0 spiro atoms. The number of thioether (sulfide) groups is 1. The number of rotatable bonds is 7. The van der Waals surface area contributed by atoms with Crippen molar-refractivity contribution in [3.63, 3.8) is 0 Å². The first kappa shape index (κ1) is 22.3. The second-order valence-corrected chi connectivity index (χ2v) is 8.60. The van der Waals surface area contributed by atoms with E-state index >= 15 is 0 Å². The molecular weight excluding hydrogens is 470 g/mol. The van der Waals surface area contributed by atoms with Crippen molar-refractivity contribution in [1.82, 2.24) is 14.8 Å². The second kappa shape index (κ2) is 10.2. The van der Waals surface area contributed by atoms with Gasteiger partial charge >= 0.3 is 0 Å². The van der Waals surface area contributed by atoms with Gasteiger partial charge in [0.15, 0.2) is 11.0 Å². The Kier molecular flexibility index (Phi) is 7.09. The van der Waals surface area contributed by atoms with Gasteiger partial charge in [-0.1, -0.05) is 71.4 Å². The first-order valence-corrected chi connectivity index (χ1v) is 11.4. The summed E-state index contributed by atoms with van der Waals surface area (Å²) in [6.07, 6.45) is 0.211. The lowest BCUT2D eigenvalue weighted by atomic mass is 10.2. The Morgan fingerprint density at radius 1 is 0.938 bits per heavy atom. The smallest absolute Gasteiger partial charge is 0.225 e. The third kappa shape index (κ3) is 5.12. The molecule has 1 aromatic heterocycles. The van der Waals surface area contributed by atoms with Crippen molar-refractivity contribution in [2.75, 3.05) is 11.1 Å². The molecular formula is C23H17Cl2FN4OS. The van der Waals surface area contributed by atoms with Gasteiger partial charge in [-0.25, -0.2) is 4.39 Å². The molecule has 32 heavy (non-hydrogen) atoms. The maximum absolute atomic E-state index is 13.5. The largest absolute Gasteiger partial charge is 0.324 e. The van der Waals surface area contributed by atoms with Crippen LogP contribution in [0.2, 0.25) is 10.0 Å². The molecule has 0 fully saturated rings. The van der Waals surface area contributed by atoms with Gasteiger partial charge < -0.3 is 5.32 Å². The molecule has 0 saturated carbocycles. The van der Waals surface area contributed by atoms with Crippen molar-refractivity contribution in [2.45, 2.75) is 11.6 Å². The van der Waals surface area contributed by atoms with E-state index < -0.39 is 0 Å². The van der Waals surface area contributed by atoms with Crippen LogP contribution in [0.3, 0.4) is 0 Å². The van der Waals surface area contributed by atoms with E-state index in [1.54, 1.807) is 30.3 Å². The Hall–Kier alpha value is -2.87. The fourth-order valence-electron chi connectivity index (χ4n) is 3.01. The third-order valence-electron chi connectivity index (χ3n) is 4.54. The molecule has 4 aromatic rings. The summed E-state index contributed by atoms with van der Waals surface area (Å²) >= 11 is 13.6. The minimum Gasteiger partial charge on any atom is -0.324 e. The fourth-order valence-corrected chi connectivity index (χ4v) is 4.40. The maximum Gasteiger partial charge on any atom is 0.225 e. The highest BCUT2D eigenvalue weighted by Gasteiger charge is 2.17. The number of para-hydroxylation sites is 1. The van der Waals surface area contributed by atoms with Gasteiger partial charge in [0.05, 0.1) is 15.7 Å². The molecule has 3 aromatic carbocycles. The molecule has 0 aliphatic rings. The molecule has 5 nitrogen and oxygen atoms in total. The summed E-state index contributed by atoms with van der Waals surface area (Å²) < 4.78 is 15.3.